The van der Waals surface area contributed by atoms with Gasteiger partial charge in [-0.1, -0.05) is 6.92 Å². The van der Waals surface area contributed by atoms with Gasteiger partial charge in [0.15, 0.2) is 5.65 Å². The van der Waals surface area contributed by atoms with Crippen molar-refractivity contribution in [2.24, 2.45) is 0 Å². The van der Waals surface area contributed by atoms with Crippen LogP contribution in [-0.2, 0) is 17.3 Å². The van der Waals surface area contributed by atoms with Crippen molar-refractivity contribution in [1.29, 1.82) is 0 Å². The molecule has 7 heteroatoms. The van der Waals surface area contributed by atoms with Crippen LogP contribution in [0, 0.1) is 0 Å². The molecule has 0 amide bonds. The second kappa shape index (κ2) is 6.40. The van der Waals surface area contributed by atoms with Gasteiger partial charge in [0, 0.05) is 41.6 Å². The van der Waals surface area contributed by atoms with Gasteiger partial charge in [-0.3, -0.25) is 8.61 Å². The van der Waals surface area contributed by atoms with E-state index in [0.29, 0.717) is 12.3 Å². The van der Waals surface area contributed by atoms with Crippen LogP contribution in [0.4, 0.5) is 0 Å². The van der Waals surface area contributed by atoms with E-state index in [4.69, 9.17) is 0 Å². The Morgan fingerprint density at radius 2 is 2.28 bits per heavy atom. The van der Waals surface area contributed by atoms with Crippen LogP contribution in [-0.4, -0.2) is 36.6 Å². The van der Waals surface area contributed by atoms with Crippen LogP contribution >= 0.6 is 15.9 Å². The Morgan fingerprint density at radius 3 is 3.06 bits per heavy atom. The standard InChI is InChI=1S/C11H15BrN4OS/c1-2-18(17)4-3-13-5-9-6-15-11-7-14-10(12)8-16(9)11/h6-8,13H,2-5H2,1H3. The molecule has 0 aliphatic carbocycles. The number of hydrogen-bond acceptors (Lipinski definition) is 4. The van der Waals surface area contributed by atoms with Crippen molar-refractivity contribution in [2.45, 2.75) is 13.5 Å². The second-order valence-corrected chi connectivity index (χ2v) is 6.47. The minimum absolute atomic E-state index is 0.693. The van der Waals surface area contributed by atoms with Gasteiger partial charge in [0.2, 0.25) is 0 Å². The minimum atomic E-state index is -0.708. The van der Waals surface area contributed by atoms with Crippen molar-refractivity contribution in [1.82, 2.24) is 19.7 Å². The number of aromatic nitrogens is 3. The average Bonchev–Trinajstić information content (AvgIpc) is 2.77. The fourth-order valence-electron chi connectivity index (χ4n) is 1.59. The van der Waals surface area contributed by atoms with Crippen molar-refractivity contribution in [3.05, 3.63) is 28.9 Å². The normalized spacial score (nSPS) is 13.0. The van der Waals surface area contributed by atoms with Gasteiger partial charge in [0.05, 0.1) is 18.1 Å². The van der Waals surface area contributed by atoms with Gasteiger partial charge in [-0.05, 0) is 15.9 Å². The van der Waals surface area contributed by atoms with E-state index in [2.05, 4.69) is 31.2 Å². The van der Waals surface area contributed by atoms with E-state index < -0.39 is 10.8 Å². The highest BCUT2D eigenvalue weighted by Crippen LogP contribution is 2.10. The van der Waals surface area contributed by atoms with Gasteiger partial charge < -0.3 is 5.32 Å². The van der Waals surface area contributed by atoms with Crippen LogP contribution in [0.25, 0.3) is 5.65 Å². The lowest BCUT2D eigenvalue weighted by Gasteiger charge is -2.04. The van der Waals surface area contributed by atoms with Crippen molar-refractivity contribution in [3.8, 4) is 0 Å². The molecule has 2 aromatic heterocycles. The molecule has 0 bridgehead atoms. The lowest BCUT2D eigenvalue weighted by atomic mass is 10.4. The zero-order valence-corrected chi connectivity index (χ0v) is 12.5. The monoisotopic (exact) mass is 330 g/mol. The minimum Gasteiger partial charge on any atom is -0.310 e. The summed E-state index contributed by atoms with van der Waals surface area (Å²) in [5, 5.41) is 3.28. The number of nitrogens with zero attached hydrogens (tertiary/aromatic N) is 3. The smallest absolute Gasteiger partial charge is 0.155 e. The summed E-state index contributed by atoms with van der Waals surface area (Å²) in [5.41, 5.74) is 1.89. The lowest BCUT2D eigenvalue weighted by Crippen LogP contribution is -2.21. The molecule has 2 aromatic rings. The molecule has 98 valence electrons. The quantitative estimate of drug-likeness (QED) is 0.812. The Labute approximate surface area is 117 Å². The van der Waals surface area contributed by atoms with Crippen LogP contribution in [0.2, 0.25) is 0 Å². The molecule has 2 rings (SSSR count). The largest absolute Gasteiger partial charge is 0.310 e. The SMILES string of the molecule is CCS(=O)CCNCc1cnc2cnc(Br)cn12. The molecule has 0 saturated heterocycles. The predicted molar refractivity (Wildman–Crippen MR) is 75.9 cm³/mol. The second-order valence-electron chi connectivity index (χ2n) is 3.80. The molecule has 0 radical (unpaired) electrons. The zero-order chi connectivity index (χ0) is 13.0. The molecule has 1 N–H and O–H groups in total. The fraction of sp³-hybridized carbons (Fsp3) is 0.455. The highest BCUT2D eigenvalue weighted by molar-refractivity contribution is 9.10. The van der Waals surface area contributed by atoms with Crippen LogP contribution in [0.3, 0.4) is 0 Å². The molecule has 5 nitrogen and oxygen atoms in total. The van der Waals surface area contributed by atoms with Gasteiger partial charge >= 0.3 is 0 Å². The van der Waals surface area contributed by atoms with E-state index in [1.54, 1.807) is 6.20 Å². The summed E-state index contributed by atoms with van der Waals surface area (Å²) >= 11 is 3.34. The van der Waals surface area contributed by atoms with Crippen molar-refractivity contribution >= 4 is 32.4 Å². The molecule has 18 heavy (non-hydrogen) atoms. The van der Waals surface area contributed by atoms with E-state index >= 15 is 0 Å². The number of halogens is 1. The number of fused-ring (bicyclic) bond motifs is 1. The number of nitrogens with one attached hydrogen (secondary N) is 1. The predicted octanol–water partition coefficient (Wildman–Crippen LogP) is 1.35. The molecule has 0 aromatic carbocycles. The molecule has 1 unspecified atom stereocenters. The number of rotatable bonds is 6. The molecule has 0 fully saturated rings. The Bertz CT molecular complexity index is 557. The summed E-state index contributed by atoms with van der Waals surface area (Å²) in [5.74, 6) is 1.41. The zero-order valence-electron chi connectivity index (χ0n) is 10.1. The topological polar surface area (TPSA) is 59.3 Å². The Balaban J connectivity index is 1.95. The molecule has 1 atom stereocenters. The van der Waals surface area contributed by atoms with E-state index in [9.17, 15) is 4.21 Å². The summed E-state index contributed by atoms with van der Waals surface area (Å²) in [4.78, 5) is 8.39. The fourth-order valence-corrected chi connectivity index (χ4v) is 2.56. The summed E-state index contributed by atoms with van der Waals surface area (Å²) < 4.78 is 14.0. The molecule has 0 aliphatic heterocycles. The first kappa shape index (κ1) is 13.6. The number of hydrogen-bond donors (Lipinski definition) is 1. The summed E-state index contributed by atoms with van der Waals surface area (Å²) in [6.45, 7) is 3.39. The molecule has 0 saturated carbocycles. The van der Waals surface area contributed by atoms with Crippen LogP contribution in [0.1, 0.15) is 12.6 Å². The van der Waals surface area contributed by atoms with E-state index in [-0.39, 0.29) is 0 Å². The first-order chi connectivity index (χ1) is 8.70. The van der Waals surface area contributed by atoms with Crippen molar-refractivity contribution in [3.63, 3.8) is 0 Å². The van der Waals surface area contributed by atoms with Crippen molar-refractivity contribution in [2.75, 3.05) is 18.1 Å². The summed E-state index contributed by atoms with van der Waals surface area (Å²) in [7, 11) is -0.708. The molecule has 0 spiro atoms. The maximum absolute atomic E-state index is 11.3. The van der Waals surface area contributed by atoms with Crippen LogP contribution in [0.15, 0.2) is 23.2 Å². The van der Waals surface area contributed by atoms with Crippen LogP contribution < -0.4 is 5.32 Å². The number of imidazole rings is 1. The molecular formula is C11H15BrN4OS. The molecule has 2 heterocycles. The Hall–Kier alpha value is -0.790. The first-order valence-electron chi connectivity index (χ1n) is 5.74. The lowest BCUT2D eigenvalue weighted by molar-refractivity contribution is 0.670. The van der Waals surface area contributed by atoms with Gasteiger partial charge in [0.1, 0.15) is 4.60 Å². The maximum atomic E-state index is 11.3. The third-order valence-corrected chi connectivity index (χ3v) is 4.29. The summed E-state index contributed by atoms with van der Waals surface area (Å²) in [6.07, 6.45) is 5.44. The van der Waals surface area contributed by atoms with Gasteiger partial charge in [0.25, 0.3) is 0 Å². The third kappa shape index (κ3) is 3.37. The van der Waals surface area contributed by atoms with E-state index in [1.807, 2.05) is 23.7 Å². The van der Waals surface area contributed by atoms with Gasteiger partial charge in [-0.2, -0.15) is 0 Å². The highest BCUT2D eigenvalue weighted by atomic mass is 79.9. The highest BCUT2D eigenvalue weighted by Gasteiger charge is 2.04. The van der Waals surface area contributed by atoms with Gasteiger partial charge in [-0.25, -0.2) is 9.97 Å². The average molecular weight is 331 g/mol. The first-order valence-corrected chi connectivity index (χ1v) is 8.02. The van der Waals surface area contributed by atoms with E-state index in [0.717, 1.165) is 28.2 Å². The van der Waals surface area contributed by atoms with E-state index in [1.165, 1.54) is 0 Å². The molecule has 0 aliphatic rings. The Kier molecular flexibility index (Phi) is 4.85. The maximum Gasteiger partial charge on any atom is 0.155 e. The third-order valence-electron chi connectivity index (χ3n) is 2.58. The Morgan fingerprint density at radius 1 is 1.44 bits per heavy atom. The molecular weight excluding hydrogens is 316 g/mol. The van der Waals surface area contributed by atoms with Gasteiger partial charge in [-0.15, -0.1) is 0 Å². The van der Waals surface area contributed by atoms with Crippen LogP contribution in [0.5, 0.6) is 0 Å². The summed E-state index contributed by atoms with van der Waals surface area (Å²) in [6, 6.07) is 0. The van der Waals surface area contributed by atoms with Crippen molar-refractivity contribution < 1.29 is 4.21 Å².